The van der Waals surface area contributed by atoms with Crippen LogP contribution in [0.3, 0.4) is 0 Å². The van der Waals surface area contributed by atoms with Crippen molar-refractivity contribution in [1.29, 1.82) is 0 Å². The Balaban J connectivity index is 2.35. The predicted molar refractivity (Wildman–Crippen MR) is 49.7 cm³/mol. The second kappa shape index (κ2) is 3.74. The molecule has 0 unspecified atom stereocenters. The lowest BCUT2D eigenvalue weighted by molar-refractivity contribution is 0.103. The number of pyridine rings is 1. The monoisotopic (exact) mass is 185 g/mol. The first-order chi connectivity index (χ1) is 6.88. The predicted octanol–water partition coefficient (Wildman–Crippen LogP) is 1.10. The zero-order chi connectivity index (χ0) is 9.80. The Bertz CT molecular complexity index is 386. The zero-order valence-electron chi connectivity index (χ0n) is 7.29. The summed E-state index contributed by atoms with van der Waals surface area (Å²) in [6.07, 6.45) is 7.59. The molecule has 0 spiro atoms. The average molecular weight is 185 g/mol. The van der Waals surface area contributed by atoms with Gasteiger partial charge in [-0.25, -0.2) is 4.98 Å². The van der Waals surface area contributed by atoms with E-state index in [0.29, 0.717) is 11.3 Å². The fraction of sp³-hybridized carbons (Fsp3) is 0. The van der Waals surface area contributed by atoms with Crippen LogP contribution in [0.25, 0.3) is 0 Å². The van der Waals surface area contributed by atoms with Gasteiger partial charge in [0.1, 0.15) is 5.69 Å². The van der Waals surface area contributed by atoms with Crippen molar-refractivity contribution in [3.8, 4) is 0 Å². The highest BCUT2D eigenvalue weighted by atomic mass is 16.1. The van der Waals surface area contributed by atoms with Gasteiger partial charge in [0.25, 0.3) is 0 Å². The molecule has 2 rings (SSSR count). The molecule has 0 saturated carbocycles. The Morgan fingerprint density at radius 3 is 2.57 bits per heavy atom. The molecular formula is C10H7N3O. The van der Waals surface area contributed by atoms with Gasteiger partial charge in [0.15, 0.2) is 0 Å². The van der Waals surface area contributed by atoms with Gasteiger partial charge in [-0.2, -0.15) is 0 Å². The highest BCUT2D eigenvalue weighted by molar-refractivity contribution is 6.07. The molecule has 2 heterocycles. The molecule has 0 aliphatic heterocycles. The van der Waals surface area contributed by atoms with Crippen LogP contribution in [0.5, 0.6) is 0 Å². The summed E-state index contributed by atoms with van der Waals surface area (Å²) in [5, 5.41) is 0. The van der Waals surface area contributed by atoms with Gasteiger partial charge >= 0.3 is 0 Å². The Morgan fingerprint density at radius 1 is 1.07 bits per heavy atom. The van der Waals surface area contributed by atoms with Crippen LogP contribution in [0.2, 0.25) is 0 Å². The molecular weight excluding hydrogens is 178 g/mol. The second-order valence-corrected chi connectivity index (χ2v) is 2.66. The minimum atomic E-state index is -0.161. The Labute approximate surface area is 80.7 Å². The fourth-order valence-electron chi connectivity index (χ4n) is 1.06. The normalized spacial score (nSPS) is 9.71. The highest BCUT2D eigenvalue weighted by Crippen LogP contribution is 2.03. The molecule has 0 bridgehead atoms. The zero-order valence-corrected chi connectivity index (χ0v) is 7.29. The van der Waals surface area contributed by atoms with Gasteiger partial charge in [0.2, 0.25) is 5.78 Å². The summed E-state index contributed by atoms with van der Waals surface area (Å²) in [6, 6.07) is 3.41. The van der Waals surface area contributed by atoms with Crippen molar-refractivity contribution in [2.75, 3.05) is 0 Å². The lowest BCUT2D eigenvalue weighted by atomic mass is 10.1. The summed E-state index contributed by atoms with van der Waals surface area (Å²) >= 11 is 0. The molecule has 2 aromatic heterocycles. The van der Waals surface area contributed by atoms with E-state index in [1.165, 1.54) is 24.8 Å². The van der Waals surface area contributed by atoms with Crippen LogP contribution in [0.4, 0.5) is 0 Å². The maximum atomic E-state index is 11.7. The second-order valence-electron chi connectivity index (χ2n) is 2.66. The number of ketones is 1. The number of aromatic nitrogens is 3. The van der Waals surface area contributed by atoms with Crippen molar-refractivity contribution < 1.29 is 4.79 Å². The standard InChI is InChI=1S/C10H7N3O/c14-10(8-2-1-3-11-6-8)9-7-12-4-5-13-9/h1-7H. The van der Waals surface area contributed by atoms with Gasteiger partial charge in [0, 0.05) is 30.4 Å². The van der Waals surface area contributed by atoms with Crippen molar-refractivity contribution >= 4 is 5.78 Å². The third kappa shape index (κ3) is 1.64. The summed E-state index contributed by atoms with van der Waals surface area (Å²) in [5.41, 5.74) is 0.855. The summed E-state index contributed by atoms with van der Waals surface area (Å²) in [7, 11) is 0. The largest absolute Gasteiger partial charge is 0.287 e. The lowest BCUT2D eigenvalue weighted by Crippen LogP contribution is -2.04. The summed E-state index contributed by atoms with van der Waals surface area (Å²) in [4.78, 5) is 23.3. The number of rotatable bonds is 2. The van der Waals surface area contributed by atoms with E-state index in [4.69, 9.17) is 0 Å². The molecule has 68 valence electrons. The van der Waals surface area contributed by atoms with E-state index in [1.54, 1.807) is 18.3 Å². The molecule has 0 radical (unpaired) electrons. The maximum absolute atomic E-state index is 11.7. The number of hydrogen-bond donors (Lipinski definition) is 0. The van der Waals surface area contributed by atoms with Crippen molar-refractivity contribution in [3.05, 3.63) is 54.4 Å². The first-order valence-electron chi connectivity index (χ1n) is 4.08. The van der Waals surface area contributed by atoms with E-state index >= 15 is 0 Å². The number of hydrogen-bond acceptors (Lipinski definition) is 4. The molecule has 0 saturated heterocycles. The van der Waals surface area contributed by atoms with Crippen LogP contribution in [0.15, 0.2) is 43.1 Å². The van der Waals surface area contributed by atoms with Gasteiger partial charge in [-0.3, -0.25) is 14.8 Å². The van der Waals surface area contributed by atoms with Crippen molar-refractivity contribution in [2.45, 2.75) is 0 Å². The minimum absolute atomic E-state index is 0.161. The number of carbonyl (C=O) groups is 1. The van der Waals surface area contributed by atoms with Gasteiger partial charge in [-0.15, -0.1) is 0 Å². The molecule has 14 heavy (non-hydrogen) atoms. The lowest BCUT2D eigenvalue weighted by Gasteiger charge is -1.97. The molecule has 0 aromatic carbocycles. The molecule has 0 aliphatic rings. The minimum Gasteiger partial charge on any atom is -0.287 e. The summed E-state index contributed by atoms with van der Waals surface area (Å²) in [6.45, 7) is 0. The van der Waals surface area contributed by atoms with Crippen LogP contribution >= 0.6 is 0 Å². The SMILES string of the molecule is O=C(c1cccnc1)c1cnccn1. The van der Waals surface area contributed by atoms with E-state index in [2.05, 4.69) is 15.0 Å². The van der Waals surface area contributed by atoms with Gasteiger partial charge in [-0.1, -0.05) is 0 Å². The van der Waals surface area contributed by atoms with Crippen molar-refractivity contribution in [3.63, 3.8) is 0 Å². The van der Waals surface area contributed by atoms with Crippen LogP contribution in [0, 0.1) is 0 Å². The molecule has 0 N–H and O–H groups in total. The third-order valence-electron chi connectivity index (χ3n) is 1.72. The first kappa shape index (κ1) is 8.50. The van der Waals surface area contributed by atoms with Gasteiger partial charge < -0.3 is 0 Å². The van der Waals surface area contributed by atoms with E-state index in [1.807, 2.05) is 0 Å². The number of nitrogens with zero attached hydrogens (tertiary/aromatic N) is 3. The molecule has 4 nitrogen and oxygen atoms in total. The molecule has 2 aromatic rings. The number of carbonyl (C=O) groups excluding carboxylic acids is 1. The van der Waals surface area contributed by atoms with E-state index < -0.39 is 0 Å². The van der Waals surface area contributed by atoms with Gasteiger partial charge in [0.05, 0.1) is 6.20 Å². The third-order valence-corrected chi connectivity index (χ3v) is 1.72. The Morgan fingerprint density at radius 2 is 1.93 bits per heavy atom. The quantitative estimate of drug-likeness (QED) is 0.657. The average Bonchev–Trinajstić information content (AvgIpc) is 2.30. The van der Waals surface area contributed by atoms with E-state index in [0.717, 1.165) is 0 Å². The maximum Gasteiger partial charge on any atom is 0.214 e. The Hall–Kier alpha value is -2.10. The topological polar surface area (TPSA) is 55.7 Å². The van der Waals surface area contributed by atoms with E-state index in [9.17, 15) is 4.79 Å². The first-order valence-corrected chi connectivity index (χ1v) is 4.08. The van der Waals surface area contributed by atoms with Crippen LogP contribution in [0.1, 0.15) is 16.1 Å². The highest BCUT2D eigenvalue weighted by Gasteiger charge is 2.09. The van der Waals surface area contributed by atoms with E-state index in [-0.39, 0.29) is 5.78 Å². The van der Waals surface area contributed by atoms with Crippen molar-refractivity contribution in [2.24, 2.45) is 0 Å². The Kier molecular flexibility index (Phi) is 2.27. The van der Waals surface area contributed by atoms with Gasteiger partial charge in [-0.05, 0) is 12.1 Å². The smallest absolute Gasteiger partial charge is 0.214 e. The summed E-state index contributed by atoms with van der Waals surface area (Å²) < 4.78 is 0. The van der Waals surface area contributed by atoms with Crippen LogP contribution in [-0.2, 0) is 0 Å². The van der Waals surface area contributed by atoms with Crippen LogP contribution < -0.4 is 0 Å². The van der Waals surface area contributed by atoms with Crippen molar-refractivity contribution in [1.82, 2.24) is 15.0 Å². The fourth-order valence-corrected chi connectivity index (χ4v) is 1.06. The molecule has 0 amide bonds. The molecule has 4 heteroatoms. The van der Waals surface area contributed by atoms with Crippen LogP contribution in [-0.4, -0.2) is 20.7 Å². The molecule has 0 fully saturated rings. The summed E-state index contributed by atoms with van der Waals surface area (Å²) in [5.74, 6) is -0.161. The molecule has 0 aliphatic carbocycles. The molecule has 0 atom stereocenters.